The van der Waals surface area contributed by atoms with Crippen LogP contribution < -0.4 is 14.2 Å². The fraction of sp³-hybridized carbons (Fsp3) is 0.278. The molecule has 0 bridgehead atoms. The van der Waals surface area contributed by atoms with Crippen molar-refractivity contribution in [1.29, 1.82) is 0 Å². The Morgan fingerprint density at radius 1 is 0.880 bits per heavy atom. The SMILES string of the molecule is CC(C)(C)Oc1cc(C(=O)Oc2ccccc2)ccc1OC(F)(F)F. The molecule has 0 aliphatic rings. The maximum Gasteiger partial charge on any atom is 0.573 e. The van der Waals surface area contributed by atoms with E-state index in [1.807, 2.05) is 0 Å². The van der Waals surface area contributed by atoms with E-state index in [1.54, 1.807) is 51.1 Å². The molecule has 0 saturated heterocycles. The van der Waals surface area contributed by atoms with Gasteiger partial charge in [-0.1, -0.05) is 18.2 Å². The lowest BCUT2D eigenvalue weighted by Gasteiger charge is -2.23. The minimum absolute atomic E-state index is 0.0395. The predicted octanol–water partition coefficient (Wildman–Crippen LogP) is 4.98. The number of carbonyl (C=O) groups is 1. The Hall–Kier alpha value is -2.70. The highest BCUT2D eigenvalue weighted by Gasteiger charge is 2.33. The van der Waals surface area contributed by atoms with Crippen LogP contribution in [0.2, 0.25) is 0 Å². The molecule has 0 unspecified atom stereocenters. The molecule has 0 heterocycles. The molecule has 0 saturated carbocycles. The highest BCUT2D eigenvalue weighted by atomic mass is 19.4. The zero-order chi connectivity index (χ0) is 18.7. The van der Waals surface area contributed by atoms with Gasteiger partial charge in [-0.05, 0) is 51.1 Å². The van der Waals surface area contributed by atoms with Crippen molar-refractivity contribution in [2.75, 3.05) is 0 Å². The molecular formula is C18H17F3O4. The lowest BCUT2D eigenvalue weighted by atomic mass is 10.1. The van der Waals surface area contributed by atoms with Gasteiger partial charge in [0.1, 0.15) is 11.4 Å². The van der Waals surface area contributed by atoms with Crippen molar-refractivity contribution < 1.29 is 32.2 Å². The number of alkyl halides is 3. The highest BCUT2D eigenvalue weighted by molar-refractivity contribution is 5.91. The lowest BCUT2D eigenvalue weighted by Crippen LogP contribution is -2.25. The van der Waals surface area contributed by atoms with Gasteiger partial charge in [0.2, 0.25) is 0 Å². The normalized spacial score (nSPS) is 11.8. The largest absolute Gasteiger partial charge is 0.573 e. The maximum atomic E-state index is 12.5. The van der Waals surface area contributed by atoms with E-state index >= 15 is 0 Å². The molecule has 2 aromatic carbocycles. The smallest absolute Gasteiger partial charge is 0.484 e. The molecule has 25 heavy (non-hydrogen) atoms. The third-order valence-electron chi connectivity index (χ3n) is 2.77. The van der Waals surface area contributed by atoms with E-state index in [4.69, 9.17) is 9.47 Å². The van der Waals surface area contributed by atoms with Gasteiger partial charge in [0.15, 0.2) is 11.5 Å². The molecule has 0 atom stereocenters. The number of esters is 1. The van der Waals surface area contributed by atoms with E-state index < -0.39 is 23.7 Å². The second-order valence-corrected chi connectivity index (χ2v) is 6.13. The fourth-order valence-corrected chi connectivity index (χ4v) is 1.91. The van der Waals surface area contributed by atoms with Crippen LogP contribution in [-0.2, 0) is 0 Å². The van der Waals surface area contributed by atoms with Crippen LogP contribution in [-0.4, -0.2) is 17.9 Å². The first-order valence-corrected chi connectivity index (χ1v) is 7.39. The van der Waals surface area contributed by atoms with Gasteiger partial charge in [-0.15, -0.1) is 13.2 Å². The van der Waals surface area contributed by atoms with Crippen LogP contribution in [0.5, 0.6) is 17.2 Å². The molecule has 7 heteroatoms. The van der Waals surface area contributed by atoms with Gasteiger partial charge in [-0.25, -0.2) is 4.79 Å². The summed E-state index contributed by atoms with van der Waals surface area (Å²) in [7, 11) is 0. The third-order valence-corrected chi connectivity index (χ3v) is 2.77. The van der Waals surface area contributed by atoms with E-state index in [0.29, 0.717) is 5.75 Å². The van der Waals surface area contributed by atoms with Gasteiger partial charge >= 0.3 is 12.3 Å². The molecule has 0 N–H and O–H groups in total. The van der Waals surface area contributed by atoms with E-state index in [-0.39, 0.29) is 11.3 Å². The predicted molar refractivity (Wildman–Crippen MR) is 84.9 cm³/mol. The standard InChI is InChI=1S/C18H17F3O4/c1-17(2,3)24-15-11-12(9-10-14(15)25-18(19,20)21)16(22)23-13-7-5-4-6-8-13/h4-11H,1-3H3. The summed E-state index contributed by atoms with van der Waals surface area (Å²) in [6.07, 6.45) is -4.87. The van der Waals surface area contributed by atoms with Gasteiger partial charge < -0.3 is 14.2 Å². The van der Waals surface area contributed by atoms with Crippen LogP contribution >= 0.6 is 0 Å². The molecule has 0 aromatic heterocycles. The first kappa shape index (κ1) is 18.6. The Bertz CT molecular complexity index is 734. The van der Waals surface area contributed by atoms with Crippen molar-refractivity contribution in [3.05, 3.63) is 54.1 Å². The third kappa shape index (κ3) is 6.02. The monoisotopic (exact) mass is 354 g/mol. The molecule has 0 aliphatic heterocycles. The van der Waals surface area contributed by atoms with Gasteiger partial charge in [0.25, 0.3) is 0 Å². The summed E-state index contributed by atoms with van der Waals surface area (Å²) in [5.74, 6) is -1.13. The molecule has 0 amide bonds. The molecule has 0 fully saturated rings. The van der Waals surface area contributed by atoms with Crippen LogP contribution in [0.15, 0.2) is 48.5 Å². The molecule has 4 nitrogen and oxygen atoms in total. The molecule has 0 spiro atoms. The van der Waals surface area contributed by atoms with Crippen molar-refractivity contribution in [3.8, 4) is 17.2 Å². The topological polar surface area (TPSA) is 44.8 Å². The molecule has 2 aromatic rings. The van der Waals surface area contributed by atoms with Crippen LogP contribution in [0.1, 0.15) is 31.1 Å². The zero-order valence-electron chi connectivity index (χ0n) is 13.9. The summed E-state index contributed by atoms with van der Waals surface area (Å²) in [4.78, 5) is 12.2. The molecule has 134 valence electrons. The Kier molecular flexibility index (Phi) is 5.25. The van der Waals surface area contributed by atoms with Crippen molar-refractivity contribution in [3.63, 3.8) is 0 Å². The molecule has 0 aliphatic carbocycles. The van der Waals surface area contributed by atoms with E-state index in [2.05, 4.69) is 4.74 Å². The number of benzene rings is 2. The van der Waals surface area contributed by atoms with E-state index in [9.17, 15) is 18.0 Å². The number of rotatable bonds is 4. The van der Waals surface area contributed by atoms with Crippen molar-refractivity contribution >= 4 is 5.97 Å². The van der Waals surface area contributed by atoms with Crippen LogP contribution in [0.3, 0.4) is 0 Å². The summed E-state index contributed by atoms with van der Waals surface area (Å²) in [6.45, 7) is 5.00. The van der Waals surface area contributed by atoms with Crippen molar-refractivity contribution in [2.24, 2.45) is 0 Å². The van der Waals surface area contributed by atoms with Gasteiger partial charge in [0.05, 0.1) is 5.56 Å². The number of carbonyl (C=O) groups excluding carboxylic acids is 1. The Balaban J connectivity index is 2.30. The Morgan fingerprint density at radius 3 is 2.08 bits per heavy atom. The van der Waals surface area contributed by atoms with Crippen molar-refractivity contribution in [2.45, 2.75) is 32.7 Å². The number of hydrogen-bond acceptors (Lipinski definition) is 4. The van der Waals surface area contributed by atoms with Crippen LogP contribution in [0, 0.1) is 0 Å². The first-order valence-electron chi connectivity index (χ1n) is 7.39. The van der Waals surface area contributed by atoms with Gasteiger partial charge in [-0.2, -0.15) is 0 Å². The Morgan fingerprint density at radius 2 is 1.52 bits per heavy atom. The van der Waals surface area contributed by atoms with Crippen LogP contribution in [0.25, 0.3) is 0 Å². The fourth-order valence-electron chi connectivity index (χ4n) is 1.91. The second kappa shape index (κ2) is 7.04. The Labute approximate surface area is 143 Å². The summed E-state index contributed by atoms with van der Waals surface area (Å²) in [5.41, 5.74) is -0.747. The van der Waals surface area contributed by atoms with Gasteiger partial charge in [0, 0.05) is 0 Å². The molecular weight excluding hydrogens is 337 g/mol. The summed E-state index contributed by atoms with van der Waals surface area (Å²) in [6, 6.07) is 11.7. The first-order chi connectivity index (χ1) is 11.5. The zero-order valence-corrected chi connectivity index (χ0v) is 13.9. The average Bonchev–Trinajstić information content (AvgIpc) is 2.47. The molecule has 2 rings (SSSR count). The van der Waals surface area contributed by atoms with E-state index in [0.717, 1.165) is 12.1 Å². The quantitative estimate of drug-likeness (QED) is 0.574. The summed E-state index contributed by atoms with van der Waals surface area (Å²) >= 11 is 0. The van der Waals surface area contributed by atoms with Crippen LogP contribution in [0.4, 0.5) is 13.2 Å². The number of halogens is 3. The average molecular weight is 354 g/mol. The summed E-state index contributed by atoms with van der Waals surface area (Å²) in [5, 5.41) is 0. The van der Waals surface area contributed by atoms with Crippen molar-refractivity contribution in [1.82, 2.24) is 0 Å². The summed E-state index contributed by atoms with van der Waals surface area (Å²) < 4.78 is 52.2. The van der Waals surface area contributed by atoms with E-state index in [1.165, 1.54) is 6.07 Å². The second-order valence-electron chi connectivity index (χ2n) is 6.13. The van der Waals surface area contributed by atoms with Gasteiger partial charge in [-0.3, -0.25) is 0 Å². The highest BCUT2D eigenvalue weighted by Crippen LogP contribution is 2.35. The molecule has 0 radical (unpaired) electrons. The maximum absolute atomic E-state index is 12.5. The minimum Gasteiger partial charge on any atom is -0.484 e. The minimum atomic E-state index is -4.87. The number of ether oxygens (including phenoxy) is 3. The lowest BCUT2D eigenvalue weighted by molar-refractivity contribution is -0.275. The number of hydrogen-bond donors (Lipinski definition) is 0. The number of para-hydroxylation sites is 1.